The van der Waals surface area contributed by atoms with Crippen molar-refractivity contribution in [1.29, 1.82) is 0 Å². The predicted molar refractivity (Wildman–Crippen MR) is 251 cm³/mol. The summed E-state index contributed by atoms with van der Waals surface area (Å²) in [5.41, 5.74) is 14.5. The number of nitrogens with zero attached hydrogens (tertiary/aromatic N) is 4. The van der Waals surface area contributed by atoms with E-state index in [0.717, 1.165) is 55.3 Å². The topological polar surface area (TPSA) is 35.6 Å². The van der Waals surface area contributed by atoms with Crippen LogP contribution in [-0.4, -0.2) is 19.1 Å². The minimum atomic E-state index is 0.814. The first-order valence-electron chi connectivity index (χ1n) is 20.6. The average molecular weight is 761 g/mol. The smallest absolute Gasteiger partial charge is 0.165 e. The molecule has 1 aliphatic rings. The van der Waals surface area contributed by atoms with Gasteiger partial charge in [-0.3, -0.25) is 4.57 Å². The van der Waals surface area contributed by atoms with Crippen molar-refractivity contribution in [2.45, 2.75) is 0 Å². The minimum absolute atomic E-state index is 0.814. The monoisotopic (exact) mass is 760 g/mol. The number of hydrogen-bond acceptors (Lipinski definition) is 2. The molecular weight excluding hydrogens is 729 g/mol. The molecule has 14 rings (SSSR count). The van der Waals surface area contributed by atoms with Crippen molar-refractivity contribution in [3.05, 3.63) is 194 Å². The van der Waals surface area contributed by atoms with E-state index in [4.69, 9.17) is 9.97 Å². The summed E-state index contributed by atoms with van der Waals surface area (Å²) in [5.74, 6) is 0.814. The van der Waals surface area contributed by atoms with E-state index in [1.165, 1.54) is 76.7 Å². The van der Waals surface area contributed by atoms with E-state index in [1.54, 1.807) is 0 Å². The van der Waals surface area contributed by atoms with Gasteiger partial charge in [-0.05, 0) is 74.5 Å². The normalized spacial score (nSPS) is 12.3. The van der Waals surface area contributed by atoms with E-state index in [0.29, 0.717) is 0 Å². The molecule has 4 heterocycles. The Hall–Kier alpha value is -8.08. The van der Waals surface area contributed by atoms with Crippen LogP contribution in [-0.2, 0) is 0 Å². The summed E-state index contributed by atoms with van der Waals surface area (Å²) >= 11 is 0. The van der Waals surface area contributed by atoms with Crippen molar-refractivity contribution in [3.63, 3.8) is 0 Å². The molecule has 0 saturated heterocycles. The van der Waals surface area contributed by atoms with Crippen LogP contribution in [0.1, 0.15) is 0 Å². The maximum atomic E-state index is 5.76. The number of fused-ring (bicyclic) bond motifs is 17. The summed E-state index contributed by atoms with van der Waals surface area (Å²) in [4.78, 5) is 11.4. The second kappa shape index (κ2) is 11.8. The Morgan fingerprint density at radius 2 is 0.917 bits per heavy atom. The average Bonchev–Trinajstić information content (AvgIpc) is 3.77. The first kappa shape index (κ1) is 31.9. The highest BCUT2D eigenvalue weighted by Crippen LogP contribution is 2.48. The van der Waals surface area contributed by atoms with Gasteiger partial charge < -0.3 is 4.57 Å². The molecular formula is C56H32N4. The van der Waals surface area contributed by atoms with Gasteiger partial charge in [-0.25, -0.2) is 9.97 Å². The number of benzene rings is 10. The molecule has 0 N–H and O–H groups in total. The van der Waals surface area contributed by atoms with E-state index in [1.807, 2.05) is 0 Å². The highest BCUT2D eigenvalue weighted by molar-refractivity contribution is 6.22. The molecule has 4 nitrogen and oxygen atoms in total. The van der Waals surface area contributed by atoms with E-state index in [9.17, 15) is 0 Å². The molecule has 0 atom stereocenters. The third-order valence-electron chi connectivity index (χ3n) is 13.0. The Morgan fingerprint density at radius 1 is 0.317 bits per heavy atom. The number of aromatic nitrogens is 4. The Bertz CT molecular complexity index is 4020. The van der Waals surface area contributed by atoms with Gasteiger partial charge in [0.05, 0.1) is 38.8 Å². The molecule has 0 unspecified atom stereocenters. The van der Waals surface area contributed by atoms with Crippen LogP contribution < -0.4 is 0 Å². The van der Waals surface area contributed by atoms with Crippen LogP contribution in [0.5, 0.6) is 0 Å². The standard InChI is InChI=1S/C56H32N4/c1-4-17-36-33(14-1)28-29-48-53(36)58-56(54(57-48)47-30-34-15-2-3-16-35(34)37-18-5-8-21-40(37)47)60-50-27-12-10-23-42(50)45-31-51-46(32-52(45)60)44-25-13-24-43-39-20-7-6-19-38(39)41-22-9-11-26-49(41)59(51)55(43)44/h1-32H. The molecule has 3 aromatic heterocycles. The Kier molecular flexibility index (Phi) is 6.26. The lowest BCUT2D eigenvalue weighted by molar-refractivity contribution is 1.08. The van der Waals surface area contributed by atoms with Crippen LogP contribution in [0.15, 0.2) is 194 Å². The van der Waals surface area contributed by atoms with Gasteiger partial charge in [0.25, 0.3) is 0 Å². The van der Waals surface area contributed by atoms with Crippen LogP contribution in [0.4, 0.5) is 0 Å². The van der Waals surface area contributed by atoms with E-state index in [-0.39, 0.29) is 0 Å². The Balaban J connectivity index is 1.17. The lowest BCUT2D eigenvalue weighted by atomic mass is 9.94. The highest BCUT2D eigenvalue weighted by Gasteiger charge is 2.27. The van der Waals surface area contributed by atoms with Crippen LogP contribution in [0, 0.1) is 0 Å². The minimum Gasteiger partial charge on any atom is -0.308 e. The van der Waals surface area contributed by atoms with E-state index >= 15 is 0 Å². The van der Waals surface area contributed by atoms with E-state index in [2.05, 4.69) is 203 Å². The van der Waals surface area contributed by atoms with Gasteiger partial charge in [-0.15, -0.1) is 0 Å². The third kappa shape index (κ3) is 4.19. The molecule has 60 heavy (non-hydrogen) atoms. The van der Waals surface area contributed by atoms with E-state index < -0.39 is 0 Å². The van der Waals surface area contributed by atoms with Crippen molar-refractivity contribution >= 4 is 87.0 Å². The van der Waals surface area contributed by atoms with Gasteiger partial charge in [0.15, 0.2) is 5.82 Å². The van der Waals surface area contributed by atoms with Crippen LogP contribution in [0.3, 0.4) is 0 Å². The molecule has 10 aromatic carbocycles. The maximum Gasteiger partial charge on any atom is 0.165 e. The fourth-order valence-electron chi connectivity index (χ4n) is 10.4. The lowest BCUT2D eigenvalue weighted by Crippen LogP contribution is -2.04. The number of rotatable bonds is 2. The second-order valence-corrected chi connectivity index (χ2v) is 16.1. The molecule has 0 radical (unpaired) electrons. The fraction of sp³-hybridized carbons (Fsp3) is 0. The second-order valence-electron chi connectivity index (χ2n) is 16.1. The van der Waals surface area contributed by atoms with Crippen molar-refractivity contribution in [2.24, 2.45) is 0 Å². The van der Waals surface area contributed by atoms with Gasteiger partial charge in [-0.1, -0.05) is 158 Å². The first-order chi connectivity index (χ1) is 29.8. The zero-order valence-electron chi connectivity index (χ0n) is 32.3. The zero-order valence-corrected chi connectivity index (χ0v) is 32.3. The number of hydrogen-bond donors (Lipinski definition) is 0. The summed E-state index contributed by atoms with van der Waals surface area (Å²) in [5, 5.41) is 11.8. The molecule has 0 aliphatic carbocycles. The first-order valence-corrected chi connectivity index (χ1v) is 20.6. The third-order valence-corrected chi connectivity index (χ3v) is 13.0. The molecule has 1 aliphatic heterocycles. The maximum absolute atomic E-state index is 5.76. The van der Waals surface area contributed by atoms with Gasteiger partial charge >= 0.3 is 0 Å². The molecule has 0 bridgehead atoms. The van der Waals surface area contributed by atoms with Crippen molar-refractivity contribution in [1.82, 2.24) is 19.1 Å². The van der Waals surface area contributed by atoms with Crippen molar-refractivity contribution in [3.8, 4) is 45.0 Å². The summed E-state index contributed by atoms with van der Waals surface area (Å²) < 4.78 is 4.90. The van der Waals surface area contributed by atoms with Gasteiger partial charge in [0, 0.05) is 43.6 Å². The SMILES string of the molecule is c1ccc2c(c1)-c1ccccc1-n1c3cc4c5ccccc5n(-c5nc6c(ccc7ccccc76)nc5-c5cc6ccccc6c6ccccc56)c4cc3c3cccc-2c31. The largest absolute Gasteiger partial charge is 0.308 e. The van der Waals surface area contributed by atoms with Gasteiger partial charge in [0.2, 0.25) is 0 Å². The molecule has 276 valence electrons. The van der Waals surface area contributed by atoms with Gasteiger partial charge in [-0.2, -0.15) is 0 Å². The quantitative estimate of drug-likeness (QED) is 0.165. The Labute approximate surface area is 343 Å². The number of para-hydroxylation sites is 3. The molecule has 0 saturated carbocycles. The molecule has 0 amide bonds. The van der Waals surface area contributed by atoms with Crippen molar-refractivity contribution in [2.75, 3.05) is 0 Å². The molecule has 0 spiro atoms. The lowest BCUT2D eigenvalue weighted by Gasteiger charge is -2.17. The molecule has 0 fully saturated rings. The zero-order chi connectivity index (χ0) is 39.1. The van der Waals surface area contributed by atoms with Crippen molar-refractivity contribution < 1.29 is 0 Å². The summed E-state index contributed by atoms with van der Waals surface area (Å²) in [6, 6.07) is 70.7. The summed E-state index contributed by atoms with van der Waals surface area (Å²) in [6.07, 6.45) is 0. The van der Waals surface area contributed by atoms with Crippen LogP contribution in [0.25, 0.3) is 132 Å². The van der Waals surface area contributed by atoms with Gasteiger partial charge in [0.1, 0.15) is 5.69 Å². The van der Waals surface area contributed by atoms with Crippen LogP contribution in [0.2, 0.25) is 0 Å². The summed E-state index contributed by atoms with van der Waals surface area (Å²) in [7, 11) is 0. The molecule has 13 aromatic rings. The molecule has 4 heteroatoms. The predicted octanol–water partition coefficient (Wildman–Crippen LogP) is 14.6. The highest BCUT2D eigenvalue weighted by atomic mass is 15.1. The Morgan fingerprint density at radius 3 is 1.77 bits per heavy atom. The summed E-state index contributed by atoms with van der Waals surface area (Å²) in [6.45, 7) is 0. The fourth-order valence-corrected chi connectivity index (χ4v) is 10.4. The van der Waals surface area contributed by atoms with Crippen LogP contribution >= 0.6 is 0 Å².